The molecule has 0 aliphatic heterocycles. The van der Waals surface area contributed by atoms with E-state index in [1.807, 2.05) is 13.8 Å². The number of ether oxygens (including phenoxy) is 2. The molecule has 0 radical (unpaired) electrons. The zero-order chi connectivity index (χ0) is 12.1. The summed E-state index contributed by atoms with van der Waals surface area (Å²) >= 11 is 0. The third kappa shape index (κ3) is 3.18. The molecule has 0 heterocycles. The third-order valence-electron chi connectivity index (χ3n) is 2.21. The van der Waals surface area contributed by atoms with E-state index < -0.39 is 6.04 Å². The second kappa shape index (κ2) is 5.82. The van der Waals surface area contributed by atoms with Crippen LogP contribution in [0.2, 0.25) is 0 Å². The van der Waals surface area contributed by atoms with Crippen LogP contribution in [0.5, 0.6) is 5.75 Å². The van der Waals surface area contributed by atoms with Crippen molar-refractivity contribution in [3.05, 3.63) is 29.6 Å². The minimum absolute atomic E-state index is 0.0730. The van der Waals surface area contributed by atoms with Crippen LogP contribution in [-0.2, 0) is 4.74 Å². The van der Waals surface area contributed by atoms with Crippen LogP contribution in [0.25, 0.3) is 0 Å². The van der Waals surface area contributed by atoms with Gasteiger partial charge in [0.15, 0.2) is 0 Å². The maximum Gasteiger partial charge on any atom is 0.131 e. The van der Waals surface area contributed by atoms with Crippen molar-refractivity contribution in [2.24, 2.45) is 5.73 Å². The van der Waals surface area contributed by atoms with Crippen LogP contribution >= 0.6 is 0 Å². The molecule has 0 saturated heterocycles. The van der Waals surface area contributed by atoms with Crippen molar-refractivity contribution >= 4 is 0 Å². The Hall–Kier alpha value is -1.13. The van der Waals surface area contributed by atoms with E-state index in [2.05, 4.69) is 0 Å². The van der Waals surface area contributed by atoms with Gasteiger partial charge in [0.1, 0.15) is 11.6 Å². The first-order valence-electron chi connectivity index (χ1n) is 5.25. The van der Waals surface area contributed by atoms with Gasteiger partial charge in [-0.3, -0.25) is 0 Å². The average Bonchev–Trinajstić information content (AvgIpc) is 2.25. The monoisotopic (exact) mass is 227 g/mol. The van der Waals surface area contributed by atoms with Gasteiger partial charge in [-0.2, -0.15) is 0 Å². The Labute approximate surface area is 95.4 Å². The SMILES string of the molecule is COc1cccc(F)c1C(N)COC(C)C. The first kappa shape index (κ1) is 12.9. The Morgan fingerprint density at radius 2 is 2.06 bits per heavy atom. The number of hydrogen-bond donors (Lipinski definition) is 1. The molecule has 1 unspecified atom stereocenters. The molecular weight excluding hydrogens is 209 g/mol. The Kier molecular flexibility index (Phi) is 4.71. The molecule has 1 aromatic rings. The number of methoxy groups -OCH3 is 1. The van der Waals surface area contributed by atoms with Crippen molar-refractivity contribution < 1.29 is 13.9 Å². The summed E-state index contributed by atoms with van der Waals surface area (Å²) in [7, 11) is 1.49. The first-order valence-corrected chi connectivity index (χ1v) is 5.25. The predicted molar refractivity (Wildman–Crippen MR) is 61.0 cm³/mol. The van der Waals surface area contributed by atoms with Crippen LogP contribution in [0.4, 0.5) is 4.39 Å². The number of benzene rings is 1. The lowest BCUT2D eigenvalue weighted by atomic mass is 10.1. The summed E-state index contributed by atoms with van der Waals surface area (Å²) in [6.45, 7) is 4.09. The number of rotatable bonds is 5. The molecule has 0 amide bonds. The summed E-state index contributed by atoms with van der Waals surface area (Å²) in [5.74, 6) is 0.0964. The molecule has 1 rings (SSSR count). The van der Waals surface area contributed by atoms with Crippen LogP contribution in [-0.4, -0.2) is 19.8 Å². The molecule has 3 nitrogen and oxygen atoms in total. The van der Waals surface area contributed by atoms with E-state index in [9.17, 15) is 4.39 Å². The van der Waals surface area contributed by atoms with Crippen molar-refractivity contribution in [1.29, 1.82) is 0 Å². The Balaban J connectivity index is 2.84. The zero-order valence-electron chi connectivity index (χ0n) is 9.87. The predicted octanol–water partition coefficient (Wildman–Crippen LogP) is 2.26. The van der Waals surface area contributed by atoms with E-state index >= 15 is 0 Å². The largest absolute Gasteiger partial charge is 0.496 e. The van der Waals surface area contributed by atoms with Gasteiger partial charge in [-0.25, -0.2) is 4.39 Å². The molecular formula is C12H18FNO2. The minimum Gasteiger partial charge on any atom is -0.496 e. The Bertz CT molecular complexity index is 342. The smallest absolute Gasteiger partial charge is 0.131 e. The van der Waals surface area contributed by atoms with Crippen LogP contribution in [0.1, 0.15) is 25.5 Å². The van der Waals surface area contributed by atoms with Gasteiger partial charge in [-0.1, -0.05) is 6.07 Å². The molecule has 0 spiro atoms. The summed E-state index contributed by atoms with van der Waals surface area (Å²) in [6.07, 6.45) is 0.0730. The molecule has 0 aliphatic rings. The normalized spacial score (nSPS) is 12.9. The first-order chi connectivity index (χ1) is 7.56. The number of hydrogen-bond acceptors (Lipinski definition) is 3. The highest BCUT2D eigenvalue weighted by molar-refractivity contribution is 5.37. The van der Waals surface area contributed by atoms with Crippen molar-refractivity contribution in [1.82, 2.24) is 0 Å². The van der Waals surface area contributed by atoms with Crippen molar-refractivity contribution in [3.8, 4) is 5.75 Å². The van der Waals surface area contributed by atoms with Gasteiger partial charge in [-0.05, 0) is 26.0 Å². The highest BCUT2D eigenvalue weighted by Crippen LogP contribution is 2.26. The fourth-order valence-electron chi connectivity index (χ4n) is 1.43. The molecule has 2 N–H and O–H groups in total. The molecule has 0 aliphatic carbocycles. The summed E-state index contributed by atoms with van der Waals surface area (Å²) in [4.78, 5) is 0. The topological polar surface area (TPSA) is 44.5 Å². The van der Waals surface area contributed by atoms with Crippen LogP contribution in [0.3, 0.4) is 0 Å². The van der Waals surface area contributed by atoms with Gasteiger partial charge >= 0.3 is 0 Å². The van der Waals surface area contributed by atoms with Gasteiger partial charge in [0.25, 0.3) is 0 Å². The molecule has 90 valence electrons. The molecule has 0 bridgehead atoms. The second-order valence-electron chi connectivity index (χ2n) is 3.84. The van der Waals surface area contributed by atoms with Crippen LogP contribution < -0.4 is 10.5 Å². The Morgan fingerprint density at radius 1 is 1.38 bits per heavy atom. The minimum atomic E-state index is -0.515. The summed E-state index contributed by atoms with van der Waals surface area (Å²) in [5.41, 5.74) is 6.24. The molecule has 1 atom stereocenters. The third-order valence-corrected chi connectivity index (χ3v) is 2.21. The lowest BCUT2D eigenvalue weighted by Gasteiger charge is -2.17. The van der Waals surface area contributed by atoms with Gasteiger partial charge in [0.05, 0.1) is 25.9 Å². The maximum atomic E-state index is 13.6. The van der Waals surface area contributed by atoms with Gasteiger partial charge in [0, 0.05) is 5.56 Å². The fraction of sp³-hybridized carbons (Fsp3) is 0.500. The second-order valence-corrected chi connectivity index (χ2v) is 3.84. The van der Waals surface area contributed by atoms with Crippen molar-refractivity contribution in [2.75, 3.05) is 13.7 Å². The zero-order valence-corrected chi connectivity index (χ0v) is 9.87. The van der Waals surface area contributed by atoms with Crippen molar-refractivity contribution in [2.45, 2.75) is 26.0 Å². The van der Waals surface area contributed by atoms with Gasteiger partial charge in [0.2, 0.25) is 0 Å². The summed E-state index contributed by atoms with van der Waals surface area (Å²) < 4.78 is 24.0. The molecule has 1 aromatic carbocycles. The van der Waals surface area contributed by atoms with Crippen LogP contribution in [0, 0.1) is 5.82 Å². The van der Waals surface area contributed by atoms with E-state index in [1.54, 1.807) is 12.1 Å². The maximum absolute atomic E-state index is 13.6. The summed E-state index contributed by atoms with van der Waals surface area (Å²) in [6, 6.07) is 4.13. The fourth-order valence-corrected chi connectivity index (χ4v) is 1.43. The van der Waals surface area contributed by atoms with Crippen LogP contribution in [0.15, 0.2) is 18.2 Å². The molecule has 0 fully saturated rings. The number of halogens is 1. The standard InChI is InChI=1S/C12H18FNO2/c1-8(2)16-7-10(14)12-9(13)5-4-6-11(12)15-3/h4-6,8,10H,7,14H2,1-3H3. The van der Waals surface area contributed by atoms with E-state index in [-0.39, 0.29) is 18.5 Å². The summed E-state index contributed by atoms with van der Waals surface area (Å²) in [5, 5.41) is 0. The van der Waals surface area contributed by atoms with Crippen molar-refractivity contribution in [3.63, 3.8) is 0 Å². The van der Waals surface area contributed by atoms with Gasteiger partial charge < -0.3 is 15.2 Å². The average molecular weight is 227 g/mol. The molecule has 0 saturated carbocycles. The molecule has 16 heavy (non-hydrogen) atoms. The van der Waals surface area contributed by atoms with E-state index in [4.69, 9.17) is 15.2 Å². The lowest BCUT2D eigenvalue weighted by molar-refractivity contribution is 0.0672. The molecule has 0 aromatic heterocycles. The molecule has 4 heteroatoms. The lowest BCUT2D eigenvalue weighted by Crippen LogP contribution is -2.21. The van der Waals surface area contributed by atoms with E-state index in [0.717, 1.165) is 0 Å². The quantitative estimate of drug-likeness (QED) is 0.839. The van der Waals surface area contributed by atoms with E-state index in [0.29, 0.717) is 11.3 Å². The Morgan fingerprint density at radius 3 is 2.62 bits per heavy atom. The van der Waals surface area contributed by atoms with Gasteiger partial charge in [-0.15, -0.1) is 0 Å². The number of nitrogens with two attached hydrogens (primary N) is 1. The van der Waals surface area contributed by atoms with E-state index in [1.165, 1.54) is 13.2 Å². The highest BCUT2D eigenvalue weighted by Gasteiger charge is 2.17. The highest BCUT2D eigenvalue weighted by atomic mass is 19.1.